The molecule has 0 radical (unpaired) electrons. The number of hydrogen-bond acceptors (Lipinski definition) is 2. The van der Waals surface area contributed by atoms with Crippen LogP contribution in [-0.2, 0) is 0 Å². The average molecular weight is 207 g/mol. The van der Waals surface area contributed by atoms with Crippen molar-refractivity contribution in [3.63, 3.8) is 0 Å². The van der Waals surface area contributed by atoms with E-state index in [-0.39, 0.29) is 0 Å². The molecule has 1 aromatic rings. The zero-order valence-corrected chi connectivity index (χ0v) is 9.74. The third-order valence-corrected chi connectivity index (χ3v) is 3.63. The van der Waals surface area contributed by atoms with Crippen molar-refractivity contribution in [2.24, 2.45) is 5.92 Å². The van der Waals surface area contributed by atoms with E-state index in [1.807, 2.05) is 6.92 Å². The molecule has 1 aromatic heterocycles. The minimum Gasteiger partial charge on any atom is -0.369 e. The van der Waals surface area contributed by atoms with Crippen LogP contribution in [0.3, 0.4) is 0 Å². The molecule has 2 atom stereocenters. The number of anilines is 1. The molecule has 0 amide bonds. The molecule has 1 aliphatic rings. The molecule has 0 aromatic carbocycles. The summed E-state index contributed by atoms with van der Waals surface area (Å²) in [6.07, 6.45) is 8.67. The molecule has 1 saturated carbocycles. The van der Waals surface area contributed by atoms with Gasteiger partial charge in [-0.3, -0.25) is 0 Å². The van der Waals surface area contributed by atoms with Gasteiger partial charge in [0.2, 0.25) is 5.95 Å². The van der Waals surface area contributed by atoms with Crippen LogP contribution in [0.2, 0.25) is 0 Å². The number of nitrogens with two attached hydrogens (primary N) is 1. The Morgan fingerprint density at radius 3 is 2.80 bits per heavy atom. The monoisotopic (exact) mass is 207 g/mol. The summed E-state index contributed by atoms with van der Waals surface area (Å²) in [6.45, 7) is 4.29. The van der Waals surface area contributed by atoms with Gasteiger partial charge in [-0.2, -0.15) is 0 Å². The van der Waals surface area contributed by atoms with Crippen molar-refractivity contribution < 1.29 is 0 Å². The average Bonchev–Trinajstić information content (AvgIpc) is 2.57. The number of imidazole rings is 1. The summed E-state index contributed by atoms with van der Waals surface area (Å²) in [5.74, 6) is 1.48. The number of nitrogen functional groups attached to an aromatic ring is 1. The van der Waals surface area contributed by atoms with Crippen LogP contribution < -0.4 is 5.73 Å². The Bertz CT molecular complexity index is 330. The fourth-order valence-electron chi connectivity index (χ4n) is 2.83. The zero-order chi connectivity index (χ0) is 10.8. The molecule has 2 unspecified atom stereocenters. The maximum Gasteiger partial charge on any atom is 0.200 e. The molecular formula is C12H21N3. The summed E-state index contributed by atoms with van der Waals surface area (Å²) < 4.78 is 2.20. The molecule has 0 bridgehead atoms. The summed E-state index contributed by atoms with van der Waals surface area (Å²) in [5.41, 5.74) is 6.98. The molecule has 2 N–H and O–H groups in total. The Labute approximate surface area is 91.7 Å². The highest BCUT2D eigenvalue weighted by molar-refractivity contribution is 5.22. The third kappa shape index (κ3) is 2.01. The largest absolute Gasteiger partial charge is 0.369 e. The van der Waals surface area contributed by atoms with Crippen LogP contribution in [0.1, 0.15) is 50.8 Å². The minimum absolute atomic E-state index is 0.588. The second kappa shape index (κ2) is 4.25. The molecule has 15 heavy (non-hydrogen) atoms. The predicted molar refractivity (Wildman–Crippen MR) is 62.7 cm³/mol. The zero-order valence-electron chi connectivity index (χ0n) is 9.74. The maximum absolute atomic E-state index is 5.94. The number of nitrogens with zero attached hydrogens (tertiary/aromatic N) is 2. The van der Waals surface area contributed by atoms with Crippen LogP contribution in [0.25, 0.3) is 0 Å². The highest BCUT2D eigenvalue weighted by Gasteiger charge is 2.26. The fraction of sp³-hybridized carbons (Fsp3) is 0.750. The van der Waals surface area contributed by atoms with Gasteiger partial charge in [-0.1, -0.05) is 26.2 Å². The van der Waals surface area contributed by atoms with E-state index in [0.29, 0.717) is 12.0 Å². The van der Waals surface area contributed by atoms with Crippen LogP contribution in [-0.4, -0.2) is 9.55 Å². The van der Waals surface area contributed by atoms with Crippen molar-refractivity contribution in [3.8, 4) is 0 Å². The van der Waals surface area contributed by atoms with Crippen LogP contribution in [0.4, 0.5) is 5.95 Å². The molecule has 1 fully saturated rings. The van der Waals surface area contributed by atoms with E-state index >= 15 is 0 Å². The second-order valence-electron chi connectivity index (χ2n) is 4.67. The van der Waals surface area contributed by atoms with Crippen molar-refractivity contribution in [1.82, 2.24) is 9.55 Å². The van der Waals surface area contributed by atoms with E-state index in [2.05, 4.69) is 22.7 Å². The minimum atomic E-state index is 0.588. The Morgan fingerprint density at radius 1 is 1.47 bits per heavy atom. The first-order valence-electron chi connectivity index (χ1n) is 6.03. The normalized spacial score (nSPS) is 26.8. The number of hydrogen-bond donors (Lipinski definition) is 1. The van der Waals surface area contributed by atoms with Crippen molar-refractivity contribution in [3.05, 3.63) is 11.9 Å². The lowest BCUT2D eigenvalue weighted by Gasteiger charge is -2.32. The lowest BCUT2D eigenvalue weighted by Crippen LogP contribution is -2.23. The van der Waals surface area contributed by atoms with E-state index in [1.165, 1.54) is 32.1 Å². The summed E-state index contributed by atoms with van der Waals surface area (Å²) in [7, 11) is 0. The first kappa shape index (κ1) is 10.5. The number of aromatic nitrogens is 2. The molecule has 3 nitrogen and oxygen atoms in total. The highest BCUT2D eigenvalue weighted by atomic mass is 15.2. The first-order chi connectivity index (χ1) is 7.22. The summed E-state index contributed by atoms with van der Waals surface area (Å²) >= 11 is 0. The smallest absolute Gasteiger partial charge is 0.200 e. The molecule has 3 heteroatoms. The molecule has 2 rings (SSSR count). The Kier molecular flexibility index (Phi) is 2.98. The molecule has 1 aliphatic carbocycles. The Hall–Kier alpha value is -0.990. The van der Waals surface area contributed by atoms with E-state index in [0.717, 1.165) is 11.6 Å². The van der Waals surface area contributed by atoms with Gasteiger partial charge in [0.15, 0.2) is 0 Å². The van der Waals surface area contributed by atoms with Crippen molar-refractivity contribution >= 4 is 5.95 Å². The number of rotatable bonds is 2. The fourth-order valence-corrected chi connectivity index (χ4v) is 2.83. The molecule has 0 saturated heterocycles. The molecule has 1 heterocycles. The van der Waals surface area contributed by atoms with E-state index in [1.54, 1.807) is 0 Å². The Morgan fingerprint density at radius 2 is 2.20 bits per heavy atom. The van der Waals surface area contributed by atoms with Gasteiger partial charge >= 0.3 is 0 Å². The van der Waals surface area contributed by atoms with Crippen molar-refractivity contribution in [2.45, 2.75) is 52.0 Å². The highest BCUT2D eigenvalue weighted by Crippen LogP contribution is 2.37. The van der Waals surface area contributed by atoms with Crippen molar-refractivity contribution in [1.29, 1.82) is 0 Å². The van der Waals surface area contributed by atoms with Crippen LogP contribution in [0.15, 0.2) is 6.20 Å². The van der Waals surface area contributed by atoms with Gasteiger partial charge in [0.1, 0.15) is 0 Å². The van der Waals surface area contributed by atoms with E-state index in [4.69, 9.17) is 5.73 Å². The third-order valence-electron chi connectivity index (χ3n) is 3.63. The topological polar surface area (TPSA) is 43.8 Å². The summed E-state index contributed by atoms with van der Waals surface area (Å²) in [5, 5.41) is 0. The van der Waals surface area contributed by atoms with Gasteiger partial charge in [0.05, 0.1) is 5.69 Å². The van der Waals surface area contributed by atoms with Gasteiger partial charge in [-0.15, -0.1) is 0 Å². The van der Waals surface area contributed by atoms with Gasteiger partial charge in [0, 0.05) is 12.2 Å². The quantitative estimate of drug-likeness (QED) is 0.810. The van der Waals surface area contributed by atoms with E-state index in [9.17, 15) is 0 Å². The lowest BCUT2D eigenvalue weighted by atomic mass is 9.83. The predicted octanol–water partition coefficient (Wildman–Crippen LogP) is 2.92. The SMILES string of the molecule is CCC1CCCCC1n1cc(C)nc1N. The van der Waals surface area contributed by atoms with Crippen LogP contribution in [0.5, 0.6) is 0 Å². The van der Waals surface area contributed by atoms with Crippen molar-refractivity contribution in [2.75, 3.05) is 5.73 Å². The van der Waals surface area contributed by atoms with Gasteiger partial charge < -0.3 is 10.3 Å². The van der Waals surface area contributed by atoms with Gasteiger partial charge in [-0.25, -0.2) is 4.98 Å². The van der Waals surface area contributed by atoms with Gasteiger partial charge in [-0.05, 0) is 25.7 Å². The van der Waals surface area contributed by atoms with Gasteiger partial charge in [0.25, 0.3) is 0 Å². The second-order valence-corrected chi connectivity index (χ2v) is 4.67. The standard InChI is InChI=1S/C12H21N3/c1-3-10-6-4-5-7-11(10)15-8-9(2)14-12(15)13/h8,10-11H,3-7H2,1-2H3,(H2,13,14). The molecule has 0 aliphatic heterocycles. The van der Waals surface area contributed by atoms with E-state index < -0.39 is 0 Å². The lowest BCUT2D eigenvalue weighted by molar-refractivity contribution is 0.235. The maximum atomic E-state index is 5.94. The van der Waals surface area contributed by atoms with Crippen LogP contribution in [0, 0.1) is 12.8 Å². The molecule has 84 valence electrons. The summed E-state index contributed by atoms with van der Waals surface area (Å²) in [4.78, 5) is 4.30. The molecular weight excluding hydrogens is 186 g/mol. The molecule has 0 spiro atoms. The van der Waals surface area contributed by atoms with Crippen LogP contribution >= 0.6 is 0 Å². The summed E-state index contributed by atoms with van der Waals surface area (Å²) in [6, 6.07) is 0.588. The number of aryl methyl sites for hydroxylation is 1. The Balaban J connectivity index is 2.23. The first-order valence-corrected chi connectivity index (χ1v) is 6.03.